The van der Waals surface area contributed by atoms with E-state index in [4.69, 9.17) is 0 Å². The number of rotatable bonds is 2. The van der Waals surface area contributed by atoms with Gasteiger partial charge in [-0.15, -0.1) is 0 Å². The molecular formula is C16H12N4. The average Bonchev–Trinajstić information content (AvgIpc) is 2.48. The maximum absolute atomic E-state index is 9.24. The molecule has 0 aliphatic carbocycles. The van der Waals surface area contributed by atoms with Gasteiger partial charge in [-0.1, -0.05) is 18.2 Å². The Hall–Kier alpha value is -2.93. The molecule has 0 amide bonds. The lowest BCUT2D eigenvalue weighted by molar-refractivity contribution is 1.24. The third-order valence-corrected chi connectivity index (χ3v) is 3.16. The van der Waals surface area contributed by atoms with Crippen LogP contribution in [-0.4, -0.2) is 9.97 Å². The molecule has 4 heteroatoms. The molecule has 0 aliphatic heterocycles. The Labute approximate surface area is 116 Å². The number of anilines is 2. The minimum atomic E-state index is 0.556. The van der Waals surface area contributed by atoms with Crippen LogP contribution in [0.2, 0.25) is 0 Å². The standard InChI is InChI=1S/C16H12N4/c1-11-7-9-19-16(13(11)10-17)20-14-6-2-4-12-5-3-8-18-15(12)14/h2-9H,1H3,(H,19,20). The van der Waals surface area contributed by atoms with Gasteiger partial charge >= 0.3 is 0 Å². The maximum atomic E-state index is 9.24. The summed E-state index contributed by atoms with van der Waals surface area (Å²) < 4.78 is 0. The van der Waals surface area contributed by atoms with Gasteiger partial charge in [-0.3, -0.25) is 4.98 Å². The molecule has 0 aliphatic rings. The Bertz CT molecular complexity index is 813. The van der Waals surface area contributed by atoms with E-state index in [-0.39, 0.29) is 0 Å². The number of fused-ring (bicyclic) bond motifs is 1. The molecule has 0 spiro atoms. The van der Waals surface area contributed by atoms with E-state index in [0.29, 0.717) is 11.4 Å². The quantitative estimate of drug-likeness (QED) is 0.765. The first kappa shape index (κ1) is 12.1. The van der Waals surface area contributed by atoms with Crippen LogP contribution >= 0.6 is 0 Å². The van der Waals surface area contributed by atoms with Crippen molar-refractivity contribution in [1.29, 1.82) is 5.26 Å². The fourth-order valence-electron chi connectivity index (χ4n) is 2.13. The number of nitriles is 1. The van der Waals surface area contributed by atoms with Crippen LogP contribution in [0.5, 0.6) is 0 Å². The van der Waals surface area contributed by atoms with Crippen molar-refractivity contribution in [3.8, 4) is 6.07 Å². The summed E-state index contributed by atoms with van der Waals surface area (Å²) in [5, 5.41) is 13.5. The lowest BCUT2D eigenvalue weighted by Crippen LogP contribution is -1.99. The summed E-state index contributed by atoms with van der Waals surface area (Å²) in [5.74, 6) is 0.561. The zero-order valence-corrected chi connectivity index (χ0v) is 11.0. The minimum absolute atomic E-state index is 0.556. The van der Waals surface area contributed by atoms with Crippen LogP contribution < -0.4 is 5.32 Å². The van der Waals surface area contributed by atoms with Gasteiger partial charge in [0.05, 0.1) is 16.8 Å². The molecule has 0 atom stereocenters. The second-order valence-corrected chi connectivity index (χ2v) is 4.47. The van der Waals surface area contributed by atoms with Crippen molar-refractivity contribution >= 4 is 22.4 Å². The molecule has 1 aromatic carbocycles. The van der Waals surface area contributed by atoms with Crippen molar-refractivity contribution < 1.29 is 0 Å². The van der Waals surface area contributed by atoms with Gasteiger partial charge in [0.25, 0.3) is 0 Å². The normalized spacial score (nSPS) is 10.2. The Morgan fingerprint density at radius 3 is 2.75 bits per heavy atom. The van der Waals surface area contributed by atoms with Crippen molar-refractivity contribution in [1.82, 2.24) is 9.97 Å². The Morgan fingerprint density at radius 2 is 1.90 bits per heavy atom. The molecule has 96 valence electrons. The number of aryl methyl sites for hydroxylation is 1. The van der Waals surface area contributed by atoms with E-state index in [2.05, 4.69) is 21.4 Å². The summed E-state index contributed by atoms with van der Waals surface area (Å²) >= 11 is 0. The molecule has 3 aromatic rings. The van der Waals surface area contributed by atoms with Crippen LogP contribution in [0.1, 0.15) is 11.1 Å². The zero-order chi connectivity index (χ0) is 13.9. The fourth-order valence-corrected chi connectivity index (χ4v) is 2.13. The molecule has 0 unspecified atom stereocenters. The third-order valence-electron chi connectivity index (χ3n) is 3.16. The summed E-state index contributed by atoms with van der Waals surface area (Å²) in [6.45, 7) is 1.90. The van der Waals surface area contributed by atoms with Crippen LogP contribution in [-0.2, 0) is 0 Å². The highest BCUT2D eigenvalue weighted by Crippen LogP contribution is 2.25. The molecule has 0 bridgehead atoms. The molecule has 0 saturated heterocycles. The second-order valence-electron chi connectivity index (χ2n) is 4.47. The van der Waals surface area contributed by atoms with Crippen molar-refractivity contribution in [3.05, 3.63) is 59.9 Å². The molecule has 2 aromatic heterocycles. The predicted molar refractivity (Wildman–Crippen MR) is 78.7 cm³/mol. The lowest BCUT2D eigenvalue weighted by atomic mass is 10.1. The Morgan fingerprint density at radius 1 is 1.05 bits per heavy atom. The van der Waals surface area contributed by atoms with Gasteiger partial charge in [0.1, 0.15) is 11.9 Å². The molecule has 2 heterocycles. The molecule has 1 N–H and O–H groups in total. The van der Waals surface area contributed by atoms with Gasteiger partial charge in [0.15, 0.2) is 0 Å². The smallest absolute Gasteiger partial charge is 0.148 e. The van der Waals surface area contributed by atoms with Gasteiger partial charge < -0.3 is 5.32 Å². The summed E-state index contributed by atoms with van der Waals surface area (Å²) in [4.78, 5) is 8.63. The van der Waals surface area contributed by atoms with E-state index in [1.165, 1.54) is 0 Å². The SMILES string of the molecule is Cc1ccnc(Nc2cccc3cccnc23)c1C#N. The maximum Gasteiger partial charge on any atom is 0.148 e. The first-order valence-corrected chi connectivity index (χ1v) is 6.26. The number of benzene rings is 1. The highest BCUT2D eigenvalue weighted by atomic mass is 15.0. The third kappa shape index (κ3) is 2.06. The first-order valence-electron chi connectivity index (χ1n) is 6.26. The van der Waals surface area contributed by atoms with Gasteiger partial charge in [0.2, 0.25) is 0 Å². The van der Waals surface area contributed by atoms with E-state index in [1.54, 1.807) is 12.4 Å². The summed E-state index contributed by atoms with van der Waals surface area (Å²) in [6, 6.07) is 13.8. The van der Waals surface area contributed by atoms with Crippen LogP contribution in [0.4, 0.5) is 11.5 Å². The molecule has 0 radical (unpaired) electrons. The van der Waals surface area contributed by atoms with Crippen LogP contribution in [0, 0.1) is 18.3 Å². The summed E-state index contributed by atoms with van der Waals surface area (Å²) in [5.41, 5.74) is 3.17. The Balaban J connectivity index is 2.11. The van der Waals surface area contributed by atoms with Crippen molar-refractivity contribution in [3.63, 3.8) is 0 Å². The number of nitrogens with one attached hydrogen (secondary N) is 1. The monoisotopic (exact) mass is 260 g/mol. The van der Waals surface area contributed by atoms with E-state index < -0.39 is 0 Å². The van der Waals surface area contributed by atoms with Gasteiger partial charge in [0, 0.05) is 17.8 Å². The van der Waals surface area contributed by atoms with E-state index in [0.717, 1.165) is 22.2 Å². The number of pyridine rings is 2. The number of nitrogens with zero attached hydrogens (tertiary/aromatic N) is 3. The molecule has 3 rings (SSSR count). The van der Waals surface area contributed by atoms with Crippen LogP contribution in [0.3, 0.4) is 0 Å². The number of aromatic nitrogens is 2. The van der Waals surface area contributed by atoms with Crippen molar-refractivity contribution in [2.75, 3.05) is 5.32 Å². The topological polar surface area (TPSA) is 61.6 Å². The number of para-hydroxylation sites is 1. The van der Waals surface area contributed by atoms with E-state index in [9.17, 15) is 5.26 Å². The van der Waals surface area contributed by atoms with Crippen LogP contribution in [0.15, 0.2) is 48.8 Å². The predicted octanol–water partition coefficient (Wildman–Crippen LogP) is 3.55. The molecule has 0 fully saturated rings. The average molecular weight is 260 g/mol. The fraction of sp³-hybridized carbons (Fsp3) is 0.0625. The van der Waals surface area contributed by atoms with Gasteiger partial charge in [-0.05, 0) is 30.7 Å². The largest absolute Gasteiger partial charge is 0.337 e. The first-order chi connectivity index (χ1) is 9.79. The highest BCUT2D eigenvalue weighted by molar-refractivity contribution is 5.92. The van der Waals surface area contributed by atoms with Crippen LogP contribution in [0.25, 0.3) is 10.9 Å². The summed E-state index contributed by atoms with van der Waals surface area (Å²) in [7, 11) is 0. The highest BCUT2D eigenvalue weighted by Gasteiger charge is 2.08. The Kier molecular flexibility index (Phi) is 3.02. The lowest BCUT2D eigenvalue weighted by Gasteiger charge is -2.10. The molecular weight excluding hydrogens is 248 g/mol. The van der Waals surface area contributed by atoms with Gasteiger partial charge in [-0.2, -0.15) is 5.26 Å². The number of hydrogen-bond acceptors (Lipinski definition) is 4. The molecule has 4 nitrogen and oxygen atoms in total. The van der Waals surface area contributed by atoms with Crippen molar-refractivity contribution in [2.45, 2.75) is 6.92 Å². The van der Waals surface area contributed by atoms with Crippen molar-refractivity contribution in [2.24, 2.45) is 0 Å². The number of hydrogen-bond donors (Lipinski definition) is 1. The second kappa shape index (κ2) is 4.98. The minimum Gasteiger partial charge on any atom is -0.337 e. The zero-order valence-electron chi connectivity index (χ0n) is 11.0. The van der Waals surface area contributed by atoms with E-state index >= 15 is 0 Å². The molecule has 20 heavy (non-hydrogen) atoms. The van der Waals surface area contributed by atoms with Gasteiger partial charge in [-0.25, -0.2) is 4.98 Å². The summed E-state index contributed by atoms with van der Waals surface area (Å²) in [6.07, 6.45) is 3.44. The molecule has 0 saturated carbocycles. The van der Waals surface area contributed by atoms with E-state index in [1.807, 2.05) is 43.3 Å².